The van der Waals surface area contributed by atoms with Crippen LogP contribution in [0, 0.1) is 0 Å². The minimum atomic E-state index is -0.369. The number of nitrogens with zero attached hydrogens (tertiary/aromatic N) is 3. The Kier molecular flexibility index (Phi) is 4.66. The molecule has 5 heteroatoms. The van der Waals surface area contributed by atoms with E-state index >= 15 is 0 Å². The average Bonchev–Trinajstić information content (AvgIpc) is 2.89. The maximum Gasteiger partial charge on any atom is 0.308 e. The summed E-state index contributed by atoms with van der Waals surface area (Å²) in [6.07, 6.45) is 6.08. The number of hydrogen-bond acceptors (Lipinski definition) is 4. The predicted octanol–water partition coefficient (Wildman–Crippen LogP) is 2.78. The Morgan fingerprint density at radius 2 is 2.19 bits per heavy atom. The van der Waals surface area contributed by atoms with E-state index in [1.807, 2.05) is 18.2 Å². The molecule has 21 heavy (non-hydrogen) atoms. The average molecular weight is 283 g/mol. The third kappa shape index (κ3) is 3.66. The Balaban J connectivity index is 2.44. The highest BCUT2D eigenvalue weighted by atomic mass is 16.5. The van der Waals surface area contributed by atoms with Crippen LogP contribution in [0.25, 0.3) is 11.3 Å². The predicted molar refractivity (Wildman–Crippen MR) is 80.9 cm³/mol. The SMILES string of the molecule is C=CCc1ccc(OC(C)=O)c(-c2cn(CC=C)nn2)c1. The number of carbonyl (C=O) groups is 1. The third-order valence-corrected chi connectivity index (χ3v) is 2.81. The highest BCUT2D eigenvalue weighted by molar-refractivity contribution is 5.75. The molecule has 108 valence electrons. The summed E-state index contributed by atoms with van der Waals surface area (Å²) in [6.45, 7) is 9.34. The van der Waals surface area contributed by atoms with Crippen molar-refractivity contribution in [2.45, 2.75) is 19.9 Å². The van der Waals surface area contributed by atoms with Gasteiger partial charge in [0.1, 0.15) is 11.4 Å². The summed E-state index contributed by atoms with van der Waals surface area (Å²) in [5, 5.41) is 8.14. The van der Waals surface area contributed by atoms with Crippen molar-refractivity contribution in [3.8, 4) is 17.0 Å². The van der Waals surface area contributed by atoms with E-state index in [0.717, 1.165) is 17.5 Å². The van der Waals surface area contributed by atoms with Crippen LogP contribution in [0.5, 0.6) is 5.75 Å². The molecule has 1 heterocycles. The van der Waals surface area contributed by atoms with Gasteiger partial charge in [0.2, 0.25) is 0 Å². The molecule has 5 nitrogen and oxygen atoms in total. The van der Waals surface area contributed by atoms with Crippen molar-refractivity contribution in [2.75, 3.05) is 0 Å². The minimum absolute atomic E-state index is 0.369. The topological polar surface area (TPSA) is 57.0 Å². The molecule has 0 radical (unpaired) electrons. The smallest absolute Gasteiger partial charge is 0.308 e. The van der Waals surface area contributed by atoms with Gasteiger partial charge in [-0.15, -0.1) is 18.3 Å². The number of carbonyl (C=O) groups excluding carboxylic acids is 1. The van der Waals surface area contributed by atoms with Gasteiger partial charge in [0, 0.05) is 12.5 Å². The number of rotatable bonds is 6. The van der Waals surface area contributed by atoms with E-state index in [-0.39, 0.29) is 5.97 Å². The van der Waals surface area contributed by atoms with E-state index in [4.69, 9.17) is 4.74 Å². The summed E-state index contributed by atoms with van der Waals surface area (Å²) < 4.78 is 6.91. The van der Waals surface area contributed by atoms with E-state index in [1.54, 1.807) is 23.0 Å². The quantitative estimate of drug-likeness (QED) is 0.465. The number of esters is 1. The largest absolute Gasteiger partial charge is 0.426 e. The van der Waals surface area contributed by atoms with Gasteiger partial charge in [-0.3, -0.25) is 4.79 Å². The van der Waals surface area contributed by atoms with Crippen molar-refractivity contribution in [1.29, 1.82) is 0 Å². The van der Waals surface area contributed by atoms with Crippen LogP contribution in [0.2, 0.25) is 0 Å². The number of aromatic nitrogens is 3. The second kappa shape index (κ2) is 6.65. The lowest BCUT2D eigenvalue weighted by molar-refractivity contribution is -0.131. The maximum absolute atomic E-state index is 11.2. The first-order chi connectivity index (χ1) is 10.1. The maximum atomic E-state index is 11.2. The van der Waals surface area contributed by atoms with Gasteiger partial charge in [0.25, 0.3) is 0 Å². The molecule has 0 amide bonds. The normalized spacial score (nSPS) is 10.1. The zero-order valence-corrected chi connectivity index (χ0v) is 12.0. The molecule has 0 N–H and O–H groups in total. The van der Waals surface area contributed by atoms with Crippen molar-refractivity contribution >= 4 is 5.97 Å². The van der Waals surface area contributed by atoms with Gasteiger partial charge in [0.05, 0.1) is 12.7 Å². The lowest BCUT2D eigenvalue weighted by atomic mass is 10.1. The van der Waals surface area contributed by atoms with E-state index in [2.05, 4.69) is 23.5 Å². The molecule has 0 aliphatic rings. The van der Waals surface area contributed by atoms with Crippen LogP contribution in [0.1, 0.15) is 12.5 Å². The third-order valence-electron chi connectivity index (χ3n) is 2.81. The Morgan fingerprint density at radius 1 is 1.38 bits per heavy atom. The van der Waals surface area contributed by atoms with Gasteiger partial charge in [-0.05, 0) is 24.1 Å². The fourth-order valence-corrected chi connectivity index (χ4v) is 1.96. The number of hydrogen-bond donors (Lipinski definition) is 0. The molecule has 0 spiro atoms. The summed E-state index contributed by atoms with van der Waals surface area (Å²) in [5.74, 6) is 0.104. The molecule has 2 aromatic rings. The van der Waals surface area contributed by atoms with E-state index < -0.39 is 0 Å². The van der Waals surface area contributed by atoms with E-state index in [1.165, 1.54) is 6.92 Å². The lowest BCUT2D eigenvalue weighted by Crippen LogP contribution is -2.03. The van der Waals surface area contributed by atoms with Crippen LogP contribution in [-0.4, -0.2) is 21.0 Å². The van der Waals surface area contributed by atoms with Crippen molar-refractivity contribution in [1.82, 2.24) is 15.0 Å². The van der Waals surface area contributed by atoms with Gasteiger partial charge in [-0.25, -0.2) is 4.68 Å². The van der Waals surface area contributed by atoms with Crippen molar-refractivity contribution < 1.29 is 9.53 Å². The number of allylic oxidation sites excluding steroid dienone is 2. The molecule has 1 aromatic heterocycles. The second-order valence-corrected chi connectivity index (χ2v) is 4.53. The summed E-state index contributed by atoms with van der Waals surface area (Å²) >= 11 is 0. The summed E-state index contributed by atoms with van der Waals surface area (Å²) in [6, 6.07) is 5.60. The van der Waals surface area contributed by atoms with Crippen LogP contribution in [0.15, 0.2) is 49.7 Å². The summed E-state index contributed by atoms with van der Waals surface area (Å²) in [4.78, 5) is 11.2. The first kappa shape index (κ1) is 14.7. The molecule has 0 fully saturated rings. The van der Waals surface area contributed by atoms with Crippen molar-refractivity contribution in [3.63, 3.8) is 0 Å². The Morgan fingerprint density at radius 3 is 2.86 bits per heavy atom. The molecule has 0 atom stereocenters. The Bertz CT molecular complexity index is 674. The fraction of sp³-hybridized carbons (Fsp3) is 0.188. The molecule has 1 aromatic carbocycles. The van der Waals surface area contributed by atoms with Crippen LogP contribution in [0.3, 0.4) is 0 Å². The molecule has 0 bridgehead atoms. The molecule has 0 aliphatic carbocycles. The van der Waals surface area contributed by atoms with Gasteiger partial charge < -0.3 is 4.74 Å². The van der Waals surface area contributed by atoms with Crippen molar-refractivity contribution in [2.24, 2.45) is 0 Å². The molecular formula is C16H17N3O2. The highest BCUT2D eigenvalue weighted by Gasteiger charge is 2.13. The molecule has 0 saturated heterocycles. The van der Waals surface area contributed by atoms with E-state index in [9.17, 15) is 4.79 Å². The monoisotopic (exact) mass is 283 g/mol. The van der Waals surface area contributed by atoms with Crippen LogP contribution in [0.4, 0.5) is 0 Å². The Hall–Kier alpha value is -2.69. The fourth-order valence-electron chi connectivity index (χ4n) is 1.96. The summed E-state index contributed by atoms with van der Waals surface area (Å²) in [7, 11) is 0. The molecule has 0 aliphatic heterocycles. The van der Waals surface area contributed by atoms with Crippen LogP contribution < -0.4 is 4.74 Å². The zero-order valence-electron chi connectivity index (χ0n) is 12.0. The van der Waals surface area contributed by atoms with Crippen LogP contribution >= 0.6 is 0 Å². The molecule has 2 rings (SSSR count). The van der Waals surface area contributed by atoms with Gasteiger partial charge in [-0.1, -0.05) is 23.4 Å². The number of ether oxygens (including phenoxy) is 1. The Labute approximate surface area is 123 Å². The van der Waals surface area contributed by atoms with Gasteiger partial charge in [-0.2, -0.15) is 0 Å². The molecule has 0 unspecified atom stereocenters. The highest BCUT2D eigenvalue weighted by Crippen LogP contribution is 2.30. The molecule has 0 saturated carbocycles. The van der Waals surface area contributed by atoms with Gasteiger partial charge >= 0.3 is 5.97 Å². The number of benzene rings is 1. The minimum Gasteiger partial charge on any atom is -0.426 e. The zero-order chi connectivity index (χ0) is 15.2. The van der Waals surface area contributed by atoms with E-state index in [0.29, 0.717) is 18.0 Å². The van der Waals surface area contributed by atoms with Gasteiger partial charge in [0.15, 0.2) is 0 Å². The molecular weight excluding hydrogens is 266 g/mol. The second-order valence-electron chi connectivity index (χ2n) is 4.53. The van der Waals surface area contributed by atoms with Crippen LogP contribution in [-0.2, 0) is 17.8 Å². The first-order valence-electron chi connectivity index (χ1n) is 6.57. The summed E-state index contributed by atoms with van der Waals surface area (Å²) in [5.41, 5.74) is 2.45. The van der Waals surface area contributed by atoms with Crippen molar-refractivity contribution in [3.05, 3.63) is 55.3 Å². The first-order valence-corrected chi connectivity index (χ1v) is 6.57. The standard InChI is InChI=1S/C16H17N3O2/c1-4-6-13-7-8-16(21-12(3)20)14(10-13)15-11-19(9-5-2)18-17-15/h4-5,7-8,10-11H,1-2,6,9H2,3H3. The lowest BCUT2D eigenvalue weighted by Gasteiger charge is -2.08.